The van der Waals surface area contributed by atoms with Gasteiger partial charge >= 0.3 is 0 Å². The third kappa shape index (κ3) is 6.03. The molecule has 1 saturated heterocycles. The monoisotopic (exact) mass is 499 g/mol. The fraction of sp³-hybridized carbons (Fsp3) is 0.407. The predicted molar refractivity (Wildman–Crippen MR) is 137 cm³/mol. The van der Waals surface area contributed by atoms with E-state index in [9.17, 15) is 14.3 Å². The number of nitrogens with one attached hydrogen (secondary N) is 1. The summed E-state index contributed by atoms with van der Waals surface area (Å²) in [7, 11) is 1.65. The second kappa shape index (κ2) is 11.2. The molecule has 2 unspecified atom stereocenters. The van der Waals surface area contributed by atoms with Crippen molar-refractivity contribution in [3.63, 3.8) is 0 Å². The number of anilines is 1. The van der Waals surface area contributed by atoms with Gasteiger partial charge in [-0.25, -0.2) is 4.39 Å². The van der Waals surface area contributed by atoms with Crippen LogP contribution in [0.4, 0.5) is 10.1 Å². The zero-order valence-electron chi connectivity index (χ0n) is 20.0. The lowest BCUT2D eigenvalue weighted by atomic mass is 9.93. The first kappa shape index (κ1) is 25.2. The minimum absolute atomic E-state index is 0.138. The molecular formula is C27H31ClFN3O3. The number of allylic oxidation sites excluding steroid dienone is 2. The summed E-state index contributed by atoms with van der Waals surface area (Å²) in [6, 6.07) is 8.91. The highest BCUT2D eigenvalue weighted by atomic mass is 35.5. The molecule has 0 saturated carbocycles. The number of aliphatic imine (C=N–C) groups is 1. The Labute approximate surface area is 210 Å². The van der Waals surface area contributed by atoms with Gasteiger partial charge in [-0.05, 0) is 73.9 Å². The van der Waals surface area contributed by atoms with Crippen LogP contribution in [0.15, 0.2) is 53.2 Å². The number of aliphatic hydroxyl groups excluding tert-OH is 1. The number of aliphatic hydroxyl groups is 1. The Kier molecular flexibility index (Phi) is 8.08. The van der Waals surface area contributed by atoms with Crippen LogP contribution in [0.1, 0.15) is 43.4 Å². The smallest absolute Gasteiger partial charge is 0.245 e. The van der Waals surface area contributed by atoms with Crippen molar-refractivity contribution in [3.05, 3.63) is 70.1 Å². The molecule has 2 aliphatic heterocycles. The van der Waals surface area contributed by atoms with Crippen molar-refractivity contribution in [2.45, 2.75) is 44.7 Å². The summed E-state index contributed by atoms with van der Waals surface area (Å²) >= 11 is 6.01. The van der Waals surface area contributed by atoms with Gasteiger partial charge in [-0.2, -0.15) is 0 Å². The molecule has 2 N–H and O–H groups in total. The van der Waals surface area contributed by atoms with Gasteiger partial charge in [0.25, 0.3) is 0 Å². The average Bonchev–Trinajstić information content (AvgIpc) is 2.82. The lowest BCUT2D eigenvalue weighted by Crippen LogP contribution is -2.49. The van der Waals surface area contributed by atoms with Crippen molar-refractivity contribution in [1.82, 2.24) is 4.90 Å². The number of carbonyl (C=O) groups excluding carboxylic acids is 1. The molecule has 0 radical (unpaired) electrons. The van der Waals surface area contributed by atoms with Crippen LogP contribution in [0.5, 0.6) is 5.75 Å². The number of rotatable bonds is 8. The topological polar surface area (TPSA) is 74.2 Å². The first-order chi connectivity index (χ1) is 16.9. The Morgan fingerprint density at radius 2 is 2.14 bits per heavy atom. The molecule has 0 bridgehead atoms. The maximum atomic E-state index is 13.9. The largest absolute Gasteiger partial charge is 0.496 e. The van der Waals surface area contributed by atoms with Crippen LogP contribution in [-0.4, -0.2) is 48.4 Å². The molecule has 2 heterocycles. The van der Waals surface area contributed by atoms with E-state index in [0.717, 1.165) is 42.0 Å². The molecule has 8 heteroatoms. The zero-order valence-corrected chi connectivity index (χ0v) is 20.8. The minimum atomic E-state index is -0.659. The van der Waals surface area contributed by atoms with Crippen LogP contribution in [0.3, 0.4) is 0 Å². The van der Waals surface area contributed by atoms with Crippen molar-refractivity contribution in [2.75, 3.05) is 25.6 Å². The van der Waals surface area contributed by atoms with Crippen molar-refractivity contribution < 1.29 is 19.0 Å². The van der Waals surface area contributed by atoms with Crippen LogP contribution in [0.25, 0.3) is 0 Å². The normalized spacial score (nSPS) is 21.0. The van der Waals surface area contributed by atoms with Gasteiger partial charge in [0.2, 0.25) is 5.91 Å². The molecule has 2 aromatic rings. The van der Waals surface area contributed by atoms with Crippen LogP contribution in [-0.2, 0) is 11.2 Å². The number of benzene rings is 2. The average molecular weight is 500 g/mol. The van der Waals surface area contributed by atoms with E-state index in [1.165, 1.54) is 12.1 Å². The van der Waals surface area contributed by atoms with Crippen LogP contribution >= 0.6 is 11.6 Å². The standard InChI is InChI=1S/C27H31ClFN3O3/c1-17-10-18(7-8-30-17)11-19-5-6-23(15-26(19)35-2)31-24-4-3-9-32(27(24)34)25(16-33)20-12-21(28)14-22(29)13-20/h5-6,8,10,12-15,18,24-25,31,33H,3-4,7,9,11,16H2,1-2H3/t18?,24-,25?/m1/s1. The second-order valence-corrected chi connectivity index (χ2v) is 9.55. The molecule has 2 aromatic carbocycles. The number of hydrogen-bond donors (Lipinski definition) is 2. The highest BCUT2D eigenvalue weighted by Crippen LogP contribution is 2.31. The Hall–Kier alpha value is -2.90. The molecule has 2 aliphatic rings. The molecule has 1 fully saturated rings. The Morgan fingerprint density at radius 3 is 2.86 bits per heavy atom. The van der Waals surface area contributed by atoms with E-state index in [4.69, 9.17) is 16.3 Å². The molecule has 0 spiro atoms. The van der Waals surface area contributed by atoms with Gasteiger partial charge in [0.1, 0.15) is 17.6 Å². The van der Waals surface area contributed by atoms with E-state index in [2.05, 4.69) is 16.4 Å². The third-order valence-corrected chi connectivity index (χ3v) is 6.80. The van der Waals surface area contributed by atoms with Crippen molar-refractivity contribution in [2.24, 2.45) is 10.9 Å². The maximum Gasteiger partial charge on any atom is 0.245 e. The Balaban J connectivity index is 1.48. The number of likely N-dealkylation sites (tertiary alicyclic amines) is 1. The Morgan fingerprint density at radius 1 is 1.31 bits per heavy atom. The number of nitrogens with zero attached hydrogens (tertiary/aromatic N) is 2. The summed E-state index contributed by atoms with van der Waals surface area (Å²) in [6.45, 7) is 2.17. The van der Waals surface area contributed by atoms with Crippen LogP contribution in [0.2, 0.25) is 5.02 Å². The number of hydrogen-bond acceptors (Lipinski definition) is 5. The lowest BCUT2D eigenvalue weighted by molar-refractivity contribution is -0.138. The van der Waals surface area contributed by atoms with E-state index in [-0.39, 0.29) is 17.5 Å². The summed E-state index contributed by atoms with van der Waals surface area (Å²) < 4.78 is 19.6. The molecule has 35 heavy (non-hydrogen) atoms. The van der Waals surface area contributed by atoms with Gasteiger partial charge in [-0.3, -0.25) is 9.79 Å². The number of halogens is 2. The van der Waals surface area contributed by atoms with E-state index in [0.29, 0.717) is 24.4 Å². The fourth-order valence-electron chi connectivity index (χ4n) is 4.91. The van der Waals surface area contributed by atoms with Gasteiger partial charge in [0, 0.05) is 35.2 Å². The van der Waals surface area contributed by atoms with Crippen molar-refractivity contribution >= 4 is 29.4 Å². The number of ether oxygens (including phenoxy) is 1. The van der Waals surface area contributed by atoms with E-state index >= 15 is 0 Å². The lowest BCUT2D eigenvalue weighted by Gasteiger charge is -2.38. The van der Waals surface area contributed by atoms with Crippen LogP contribution < -0.4 is 10.1 Å². The predicted octanol–water partition coefficient (Wildman–Crippen LogP) is 5.16. The molecule has 6 nitrogen and oxygen atoms in total. The molecule has 1 amide bonds. The minimum Gasteiger partial charge on any atom is -0.496 e. The SMILES string of the molecule is COc1cc(N[C@@H]2CCCN(C(CO)c3cc(F)cc(Cl)c3)C2=O)ccc1CC1C=C(C)N=CC1. The molecule has 4 rings (SSSR count). The highest BCUT2D eigenvalue weighted by molar-refractivity contribution is 6.30. The van der Waals surface area contributed by atoms with E-state index in [1.807, 2.05) is 31.3 Å². The first-order valence-corrected chi connectivity index (χ1v) is 12.3. The van der Waals surface area contributed by atoms with Gasteiger partial charge in [0.05, 0.1) is 19.8 Å². The summed E-state index contributed by atoms with van der Waals surface area (Å²) in [5, 5.41) is 13.6. The third-order valence-electron chi connectivity index (χ3n) is 6.58. The molecule has 0 aliphatic carbocycles. The Bertz CT molecular complexity index is 1120. The summed E-state index contributed by atoms with van der Waals surface area (Å²) in [5.74, 6) is 0.510. The molecular weight excluding hydrogens is 469 g/mol. The summed E-state index contributed by atoms with van der Waals surface area (Å²) in [6.07, 6.45) is 7.30. The van der Waals surface area contributed by atoms with E-state index < -0.39 is 17.9 Å². The quantitative estimate of drug-likeness (QED) is 0.526. The number of methoxy groups -OCH3 is 1. The molecule has 0 aromatic heterocycles. The number of amides is 1. The van der Waals surface area contributed by atoms with Gasteiger partial charge < -0.3 is 20.1 Å². The van der Waals surface area contributed by atoms with Gasteiger partial charge in [-0.1, -0.05) is 23.7 Å². The summed E-state index contributed by atoms with van der Waals surface area (Å²) in [4.78, 5) is 19.3. The second-order valence-electron chi connectivity index (χ2n) is 9.12. The van der Waals surface area contributed by atoms with E-state index in [1.54, 1.807) is 18.1 Å². The van der Waals surface area contributed by atoms with Gasteiger partial charge in [-0.15, -0.1) is 0 Å². The maximum absolute atomic E-state index is 13.9. The number of piperidine rings is 1. The fourth-order valence-corrected chi connectivity index (χ4v) is 5.14. The van der Waals surface area contributed by atoms with Crippen LogP contribution in [0, 0.1) is 11.7 Å². The summed E-state index contributed by atoms with van der Waals surface area (Å²) in [5.41, 5.74) is 3.40. The molecule has 3 atom stereocenters. The molecule has 186 valence electrons. The van der Waals surface area contributed by atoms with Crippen molar-refractivity contribution in [1.29, 1.82) is 0 Å². The highest BCUT2D eigenvalue weighted by Gasteiger charge is 2.34. The van der Waals surface area contributed by atoms with Gasteiger partial charge in [0.15, 0.2) is 0 Å². The number of carbonyl (C=O) groups is 1. The van der Waals surface area contributed by atoms with Crippen molar-refractivity contribution in [3.8, 4) is 5.75 Å². The zero-order chi connectivity index (χ0) is 24.9. The first-order valence-electron chi connectivity index (χ1n) is 11.9.